The lowest BCUT2D eigenvalue weighted by atomic mass is 10.2. The van der Waals surface area contributed by atoms with Crippen LogP contribution in [0.4, 0.5) is 11.4 Å². The number of anilines is 2. The van der Waals surface area contributed by atoms with Crippen molar-refractivity contribution in [3.8, 4) is 0 Å². The summed E-state index contributed by atoms with van der Waals surface area (Å²) < 4.78 is 5.72. The smallest absolute Gasteiger partial charge is 0.0726 e. The van der Waals surface area contributed by atoms with E-state index in [0.717, 1.165) is 24.5 Å². The fourth-order valence-electron chi connectivity index (χ4n) is 2.13. The average molecular weight is 221 g/mol. The van der Waals surface area contributed by atoms with Gasteiger partial charge in [-0.15, -0.1) is 0 Å². The molecule has 1 aliphatic heterocycles. The fourth-order valence-corrected chi connectivity index (χ4v) is 2.13. The standard InChI is InChI=1S/C12H19N3O/c1-9-7-15(8-10(2)16-9)12-4-11(13-3)5-14-6-12/h4-6,9-10,13H,7-8H2,1-3H3. The van der Waals surface area contributed by atoms with Gasteiger partial charge in [0.2, 0.25) is 0 Å². The van der Waals surface area contributed by atoms with Crippen LogP contribution in [0.3, 0.4) is 0 Å². The lowest BCUT2D eigenvalue weighted by molar-refractivity contribution is -0.00523. The number of morpholine rings is 1. The largest absolute Gasteiger partial charge is 0.387 e. The Kier molecular flexibility index (Phi) is 3.29. The van der Waals surface area contributed by atoms with Gasteiger partial charge in [-0.2, -0.15) is 0 Å². The molecule has 1 aromatic heterocycles. The van der Waals surface area contributed by atoms with Gasteiger partial charge in [-0.1, -0.05) is 0 Å². The number of pyridine rings is 1. The lowest BCUT2D eigenvalue weighted by Crippen LogP contribution is -2.45. The van der Waals surface area contributed by atoms with Gasteiger partial charge in [0, 0.05) is 20.1 Å². The first-order chi connectivity index (χ1) is 7.69. The van der Waals surface area contributed by atoms with Crippen molar-refractivity contribution in [3.05, 3.63) is 18.5 Å². The van der Waals surface area contributed by atoms with Gasteiger partial charge in [0.25, 0.3) is 0 Å². The highest BCUT2D eigenvalue weighted by atomic mass is 16.5. The fraction of sp³-hybridized carbons (Fsp3) is 0.583. The molecule has 0 aliphatic carbocycles. The molecule has 16 heavy (non-hydrogen) atoms. The first-order valence-electron chi connectivity index (χ1n) is 5.72. The van der Waals surface area contributed by atoms with E-state index in [9.17, 15) is 0 Å². The number of hydrogen-bond donors (Lipinski definition) is 1. The van der Waals surface area contributed by atoms with Gasteiger partial charge in [0.15, 0.2) is 0 Å². The number of nitrogens with zero attached hydrogens (tertiary/aromatic N) is 2. The molecule has 4 heteroatoms. The normalized spacial score (nSPS) is 25.6. The Morgan fingerprint density at radius 2 is 2.00 bits per heavy atom. The summed E-state index contributed by atoms with van der Waals surface area (Å²) in [5, 5.41) is 3.11. The predicted octanol–water partition coefficient (Wildman–Crippen LogP) is 1.74. The Hall–Kier alpha value is -1.29. The first-order valence-corrected chi connectivity index (χ1v) is 5.72. The number of aromatic nitrogens is 1. The van der Waals surface area contributed by atoms with Crippen LogP contribution < -0.4 is 10.2 Å². The van der Waals surface area contributed by atoms with Gasteiger partial charge in [-0.25, -0.2) is 0 Å². The maximum Gasteiger partial charge on any atom is 0.0726 e. The quantitative estimate of drug-likeness (QED) is 0.825. The first kappa shape index (κ1) is 11.2. The molecule has 0 radical (unpaired) electrons. The van der Waals surface area contributed by atoms with E-state index in [0.29, 0.717) is 0 Å². The highest BCUT2D eigenvalue weighted by Gasteiger charge is 2.22. The molecule has 1 N–H and O–H groups in total. The molecule has 4 nitrogen and oxygen atoms in total. The molecule has 1 aromatic rings. The summed E-state index contributed by atoms with van der Waals surface area (Å²) in [5.74, 6) is 0. The molecule has 0 saturated carbocycles. The third-order valence-corrected chi connectivity index (χ3v) is 2.80. The number of rotatable bonds is 2. The highest BCUT2D eigenvalue weighted by molar-refractivity contribution is 5.55. The minimum absolute atomic E-state index is 0.280. The van der Waals surface area contributed by atoms with Crippen LogP contribution >= 0.6 is 0 Å². The van der Waals surface area contributed by atoms with Crippen molar-refractivity contribution in [1.82, 2.24) is 4.98 Å². The van der Waals surface area contributed by atoms with Crippen molar-refractivity contribution in [2.45, 2.75) is 26.1 Å². The summed E-state index contributed by atoms with van der Waals surface area (Å²) in [7, 11) is 1.91. The third-order valence-electron chi connectivity index (χ3n) is 2.80. The summed E-state index contributed by atoms with van der Waals surface area (Å²) in [5.41, 5.74) is 2.21. The zero-order valence-electron chi connectivity index (χ0n) is 10.1. The van der Waals surface area contributed by atoms with Crippen LogP contribution in [0.5, 0.6) is 0 Å². The molecule has 88 valence electrons. The Morgan fingerprint density at radius 1 is 1.31 bits per heavy atom. The van der Waals surface area contributed by atoms with E-state index in [-0.39, 0.29) is 12.2 Å². The zero-order chi connectivity index (χ0) is 11.5. The summed E-state index contributed by atoms with van der Waals surface area (Å²) >= 11 is 0. The molecule has 0 aromatic carbocycles. The summed E-state index contributed by atoms with van der Waals surface area (Å²) in [6.07, 6.45) is 4.30. The van der Waals surface area contributed by atoms with Crippen molar-refractivity contribution >= 4 is 11.4 Å². The molecule has 2 heterocycles. The van der Waals surface area contributed by atoms with Gasteiger partial charge in [0.1, 0.15) is 0 Å². The minimum atomic E-state index is 0.280. The summed E-state index contributed by atoms with van der Waals surface area (Å²) in [4.78, 5) is 6.56. The van der Waals surface area contributed by atoms with Crippen LogP contribution in [-0.2, 0) is 4.74 Å². The second-order valence-electron chi connectivity index (χ2n) is 4.34. The summed E-state index contributed by atoms with van der Waals surface area (Å²) in [6, 6.07) is 2.12. The summed E-state index contributed by atoms with van der Waals surface area (Å²) in [6.45, 7) is 6.08. The van der Waals surface area contributed by atoms with Crippen molar-refractivity contribution < 1.29 is 4.74 Å². The SMILES string of the molecule is CNc1cncc(N2CC(C)OC(C)C2)c1. The molecule has 0 spiro atoms. The van der Waals surface area contributed by atoms with E-state index in [1.807, 2.05) is 19.4 Å². The van der Waals surface area contributed by atoms with E-state index < -0.39 is 0 Å². The van der Waals surface area contributed by atoms with E-state index in [1.165, 1.54) is 0 Å². The van der Waals surface area contributed by atoms with Gasteiger partial charge in [-0.05, 0) is 19.9 Å². The monoisotopic (exact) mass is 221 g/mol. The molecule has 1 aliphatic rings. The molecule has 2 rings (SSSR count). The maximum absolute atomic E-state index is 5.72. The van der Waals surface area contributed by atoms with Crippen molar-refractivity contribution in [3.63, 3.8) is 0 Å². The molecule has 0 amide bonds. The van der Waals surface area contributed by atoms with E-state index in [4.69, 9.17) is 4.74 Å². The van der Waals surface area contributed by atoms with E-state index in [2.05, 4.69) is 35.1 Å². The van der Waals surface area contributed by atoms with E-state index in [1.54, 1.807) is 0 Å². The second-order valence-corrected chi connectivity index (χ2v) is 4.34. The molecule has 1 fully saturated rings. The Bertz CT molecular complexity index is 346. The Balaban J connectivity index is 2.16. The van der Waals surface area contributed by atoms with Crippen LogP contribution in [0, 0.1) is 0 Å². The predicted molar refractivity (Wildman–Crippen MR) is 66.0 cm³/mol. The average Bonchev–Trinajstić information content (AvgIpc) is 2.28. The molecule has 0 bridgehead atoms. The van der Waals surface area contributed by atoms with Crippen LogP contribution in [0.15, 0.2) is 18.5 Å². The second kappa shape index (κ2) is 4.70. The van der Waals surface area contributed by atoms with Crippen LogP contribution in [-0.4, -0.2) is 37.3 Å². The molecule has 2 unspecified atom stereocenters. The number of ether oxygens (including phenoxy) is 1. The van der Waals surface area contributed by atoms with Crippen LogP contribution in [0.1, 0.15) is 13.8 Å². The Morgan fingerprint density at radius 3 is 2.62 bits per heavy atom. The van der Waals surface area contributed by atoms with E-state index >= 15 is 0 Å². The van der Waals surface area contributed by atoms with Crippen molar-refractivity contribution in [2.24, 2.45) is 0 Å². The highest BCUT2D eigenvalue weighted by Crippen LogP contribution is 2.21. The third kappa shape index (κ3) is 2.44. The topological polar surface area (TPSA) is 37.4 Å². The molecular formula is C12H19N3O. The Labute approximate surface area is 96.6 Å². The zero-order valence-corrected chi connectivity index (χ0v) is 10.1. The molecular weight excluding hydrogens is 202 g/mol. The van der Waals surface area contributed by atoms with Gasteiger partial charge in [0.05, 0.1) is 36.0 Å². The van der Waals surface area contributed by atoms with Crippen LogP contribution in [0.25, 0.3) is 0 Å². The molecule has 1 saturated heterocycles. The molecule has 2 atom stereocenters. The van der Waals surface area contributed by atoms with Crippen molar-refractivity contribution in [2.75, 3.05) is 30.4 Å². The van der Waals surface area contributed by atoms with Crippen LogP contribution in [0.2, 0.25) is 0 Å². The lowest BCUT2D eigenvalue weighted by Gasteiger charge is -2.36. The maximum atomic E-state index is 5.72. The van der Waals surface area contributed by atoms with Crippen molar-refractivity contribution in [1.29, 1.82) is 0 Å². The van der Waals surface area contributed by atoms with Gasteiger partial charge in [-0.3, -0.25) is 4.98 Å². The number of hydrogen-bond acceptors (Lipinski definition) is 4. The minimum Gasteiger partial charge on any atom is -0.387 e. The number of nitrogens with one attached hydrogen (secondary N) is 1. The van der Waals surface area contributed by atoms with Gasteiger partial charge >= 0.3 is 0 Å². The van der Waals surface area contributed by atoms with Gasteiger partial charge < -0.3 is 15.0 Å².